The predicted molar refractivity (Wildman–Crippen MR) is 96.1 cm³/mol. The van der Waals surface area contributed by atoms with Crippen LogP contribution in [0.3, 0.4) is 0 Å². The van der Waals surface area contributed by atoms with E-state index in [0.717, 1.165) is 11.3 Å². The molecule has 0 radical (unpaired) electrons. The van der Waals surface area contributed by atoms with Crippen LogP contribution in [0, 0.1) is 6.92 Å². The summed E-state index contributed by atoms with van der Waals surface area (Å²) in [5.41, 5.74) is 1.43. The van der Waals surface area contributed by atoms with Crippen LogP contribution in [0.2, 0.25) is 0 Å². The smallest absolute Gasteiger partial charge is 0.254 e. The second-order valence-electron chi connectivity index (χ2n) is 6.36. The number of pyridine rings is 1. The number of aryl methyl sites for hydroxylation is 1. The van der Waals surface area contributed by atoms with Crippen molar-refractivity contribution >= 4 is 10.0 Å². The first-order valence-corrected chi connectivity index (χ1v) is 9.82. The van der Waals surface area contributed by atoms with Gasteiger partial charge in [-0.05, 0) is 25.0 Å². The van der Waals surface area contributed by atoms with Crippen LogP contribution >= 0.6 is 0 Å². The fraction of sp³-hybridized carbons (Fsp3) is 0.389. The van der Waals surface area contributed by atoms with Crippen LogP contribution in [0.4, 0.5) is 0 Å². The van der Waals surface area contributed by atoms with Crippen molar-refractivity contribution in [2.75, 3.05) is 13.1 Å². The summed E-state index contributed by atoms with van der Waals surface area (Å²) in [5, 5.41) is 0. The molecule has 1 aliphatic heterocycles. The molecule has 2 aromatic rings. The fourth-order valence-corrected chi connectivity index (χ4v) is 4.49. The molecule has 0 aliphatic carbocycles. The summed E-state index contributed by atoms with van der Waals surface area (Å²) >= 11 is 0. The fourth-order valence-electron chi connectivity index (χ4n) is 2.92. The molecule has 2 heterocycles. The quantitative estimate of drug-likeness (QED) is 0.811. The molecule has 1 saturated heterocycles. The molecule has 134 valence electrons. The first-order chi connectivity index (χ1) is 11.8. The van der Waals surface area contributed by atoms with E-state index in [2.05, 4.69) is 0 Å². The minimum Gasteiger partial charge on any atom is -0.489 e. The van der Waals surface area contributed by atoms with Gasteiger partial charge in [-0.15, -0.1) is 0 Å². The third kappa shape index (κ3) is 4.11. The Morgan fingerprint density at radius 3 is 2.60 bits per heavy atom. The second-order valence-corrected chi connectivity index (χ2v) is 8.33. The Labute approximate surface area is 147 Å². The number of aromatic nitrogens is 1. The standard InChI is InChI=1S/C18H22N2O4S/c1-14-10-17(11-18(21)19(14)2)24-16-8-9-20(12-16)25(22,23)13-15-6-4-3-5-7-15/h3-7,10-11,16H,8-9,12-13H2,1-2H3. The number of hydrogen-bond acceptors (Lipinski definition) is 4. The van der Waals surface area contributed by atoms with Gasteiger partial charge in [-0.2, -0.15) is 4.31 Å². The van der Waals surface area contributed by atoms with Gasteiger partial charge in [0, 0.05) is 25.4 Å². The van der Waals surface area contributed by atoms with Crippen molar-refractivity contribution in [3.8, 4) is 5.75 Å². The van der Waals surface area contributed by atoms with E-state index in [-0.39, 0.29) is 17.4 Å². The highest BCUT2D eigenvalue weighted by Crippen LogP contribution is 2.22. The maximum atomic E-state index is 12.6. The highest BCUT2D eigenvalue weighted by atomic mass is 32.2. The van der Waals surface area contributed by atoms with Crippen molar-refractivity contribution in [2.24, 2.45) is 7.05 Å². The van der Waals surface area contributed by atoms with Gasteiger partial charge in [0.05, 0.1) is 12.3 Å². The van der Waals surface area contributed by atoms with Gasteiger partial charge >= 0.3 is 0 Å². The van der Waals surface area contributed by atoms with E-state index in [1.165, 1.54) is 14.9 Å². The number of hydrogen-bond donors (Lipinski definition) is 0. The van der Waals surface area contributed by atoms with Gasteiger partial charge < -0.3 is 9.30 Å². The first kappa shape index (κ1) is 17.7. The molecule has 0 saturated carbocycles. The van der Waals surface area contributed by atoms with E-state index in [1.807, 2.05) is 37.3 Å². The molecular formula is C18H22N2O4S. The first-order valence-electron chi connectivity index (χ1n) is 8.21. The zero-order valence-corrected chi connectivity index (χ0v) is 15.2. The molecule has 7 heteroatoms. The molecule has 25 heavy (non-hydrogen) atoms. The molecule has 1 atom stereocenters. The molecular weight excluding hydrogens is 340 g/mol. The SMILES string of the molecule is Cc1cc(OC2CCN(S(=O)(=O)Cc3ccccc3)C2)cc(=O)n1C. The normalized spacial score (nSPS) is 18.4. The van der Waals surface area contributed by atoms with Gasteiger partial charge in [-0.1, -0.05) is 30.3 Å². The van der Waals surface area contributed by atoms with Crippen molar-refractivity contribution in [2.45, 2.75) is 25.2 Å². The topological polar surface area (TPSA) is 68.6 Å². The maximum absolute atomic E-state index is 12.6. The molecule has 0 amide bonds. The summed E-state index contributed by atoms with van der Waals surface area (Å²) in [6, 6.07) is 12.4. The Balaban J connectivity index is 1.66. The van der Waals surface area contributed by atoms with Gasteiger partial charge in [-0.3, -0.25) is 4.79 Å². The Hall–Kier alpha value is -2.12. The lowest BCUT2D eigenvalue weighted by Crippen LogP contribution is -2.32. The number of nitrogens with zero attached hydrogens (tertiary/aromatic N) is 2. The minimum absolute atomic E-state index is 0.00838. The van der Waals surface area contributed by atoms with Gasteiger partial charge in [0.2, 0.25) is 10.0 Å². The molecule has 1 unspecified atom stereocenters. The molecule has 1 fully saturated rings. The van der Waals surface area contributed by atoms with E-state index >= 15 is 0 Å². The highest BCUT2D eigenvalue weighted by molar-refractivity contribution is 7.88. The average Bonchev–Trinajstić information content (AvgIpc) is 3.02. The summed E-state index contributed by atoms with van der Waals surface area (Å²) in [7, 11) is -1.67. The van der Waals surface area contributed by atoms with Crippen molar-refractivity contribution in [1.29, 1.82) is 0 Å². The van der Waals surface area contributed by atoms with Crippen molar-refractivity contribution in [3.63, 3.8) is 0 Å². The van der Waals surface area contributed by atoms with Crippen LogP contribution in [-0.2, 0) is 22.8 Å². The Morgan fingerprint density at radius 2 is 1.92 bits per heavy atom. The lowest BCUT2D eigenvalue weighted by Gasteiger charge is -2.18. The molecule has 0 spiro atoms. The molecule has 0 bridgehead atoms. The molecule has 1 aromatic heterocycles. The van der Waals surface area contributed by atoms with Gasteiger partial charge in [0.15, 0.2) is 0 Å². The van der Waals surface area contributed by atoms with E-state index in [4.69, 9.17) is 4.74 Å². The van der Waals surface area contributed by atoms with E-state index in [9.17, 15) is 13.2 Å². The van der Waals surface area contributed by atoms with Gasteiger partial charge in [0.25, 0.3) is 5.56 Å². The van der Waals surface area contributed by atoms with Crippen LogP contribution in [0.15, 0.2) is 47.3 Å². The van der Waals surface area contributed by atoms with Crippen LogP contribution < -0.4 is 10.3 Å². The monoisotopic (exact) mass is 362 g/mol. The molecule has 3 rings (SSSR count). The molecule has 6 nitrogen and oxygen atoms in total. The van der Waals surface area contributed by atoms with Crippen LogP contribution in [0.25, 0.3) is 0 Å². The van der Waals surface area contributed by atoms with Crippen molar-refractivity contribution < 1.29 is 13.2 Å². The van der Waals surface area contributed by atoms with Gasteiger partial charge in [0.1, 0.15) is 11.9 Å². The minimum atomic E-state index is -3.37. The predicted octanol–water partition coefficient (Wildman–Crippen LogP) is 1.68. The average molecular weight is 362 g/mol. The maximum Gasteiger partial charge on any atom is 0.254 e. The number of sulfonamides is 1. The van der Waals surface area contributed by atoms with E-state index in [0.29, 0.717) is 25.3 Å². The molecule has 0 N–H and O–H groups in total. The number of ether oxygens (including phenoxy) is 1. The van der Waals surface area contributed by atoms with Gasteiger partial charge in [-0.25, -0.2) is 8.42 Å². The lowest BCUT2D eigenvalue weighted by atomic mass is 10.2. The Morgan fingerprint density at radius 1 is 1.20 bits per heavy atom. The zero-order valence-electron chi connectivity index (χ0n) is 14.4. The summed E-state index contributed by atoms with van der Waals surface area (Å²) in [4.78, 5) is 11.8. The van der Waals surface area contributed by atoms with Crippen LogP contribution in [-0.4, -0.2) is 36.5 Å². The van der Waals surface area contributed by atoms with Crippen molar-refractivity contribution in [3.05, 3.63) is 64.1 Å². The Kier molecular flexibility index (Phi) is 4.96. The third-order valence-electron chi connectivity index (χ3n) is 4.47. The second kappa shape index (κ2) is 7.01. The highest BCUT2D eigenvalue weighted by Gasteiger charge is 2.32. The molecule has 1 aromatic carbocycles. The van der Waals surface area contributed by atoms with Crippen LogP contribution in [0.5, 0.6) is 5.75 Å². The Bertz CT molecular complexity index is 906. The summed E-state index contributed by atoms with van der Waals surface area (Å²) in [6.07, 6.45) is 0.375. The lowest BCUT2D eigenvalue weighted by molar-refractivity contribution is 0.214. The van der Waals surface area contributed by atoms with Crippen LogP contribution in [0.1, 0.15) is 17.7 Å². The van der Waals surface area contributed by atoms with E-state index in [1.54, 1.807) is 13.1 Å². The molecule has 1 aliphatic rings. The summed E-state index contributed by atoms with van der Waals surface area (Å²) in [6.45, 7) is 2.58. The summed E-state index contributed by atoms with van der Waals surface area (Å²) in [5.74, 6) is 0.485. The zero-order chi connectivity index (χ0) is 18.0. The number of benzene rings is 1. The van der Waals surface area contributed by atoms with E-state index < -0.39 is 10.0 Å². The summed E-state index contributed by atoms with van der Waals surface area (Å²) < 4.78 is 34.0. The number of rotatable bonds is 5. The van der Waals surface area contributed by atoms with Crippen molar-refractivity contribution in [1.82, 2.24) is 8.87 Å². The largest absolute Gasteiger partial charge is 0.489 e. The third-order valence-corrected chi connectivity index (χ3v) is 6.29.